The molecule has 1 aromatic rings. The molecule has 5 nitrogen and oxygen atoms in total. The van der Waals surface area contributed by atoms with E-state index in [9.17, 15) is 14.0 Å². The Morgan fingerprint density at radius 3 is 2.54 bits per heavy atom. The number of halogens is 1. The summed E-state index contributed by atoms with van der Waals surface area (Å²) >= 11 is 0. The van der Waals surface area contributed by atoms with E-state index in [0.29, 0.717) is 19.5 Å². The minimum absolute atomic E-state index is 0.0592. The van der Waals surface area contributed by atoms with Gasteiger partial charge in [0.05, 0.1) is 6.54 Å². The molecule has 0 radical (unpaired) electrons. The highest BCUT2D eigenvalue weighted by Crippen LogP contribution is 2.13. The summed E-state index contributed by atoms with van der Waals surface area (Å²) in [5.41, 5.74) is 1.08. The van der Waals surface area contributed by atoms with E-state index in [1.54, 1.807) is 4.90 Å². The van der Waals surface area contributed by atoms with Crippen molar-refractivity contribution in [1.29, 1.82) is 0 Å². The van der Waals surface area contributed by atoms with Crippen LogP contribution in [0.1, 0.15) is 37.7 Å². The van der Waals surface area contributed by atoms with Crippen LogP contribution in [0.25, 0.3) is 0 Å². The molecule has 0 unspecified atom stereocenters. The van der Waals surface area contributed by atoms with Crippen LogP contribution in [-0.4, -0.2) is 65.8 Å². The molecule has 2 aliphatic rings. The van der Waals surface area contributed by atoms with E-state index in [-0.39, 0.29) is 24.2 Å². The largest absolute Gasteiger partial charge is 0.340 e. The summed E-state index contributed by atoms with van der Waals surface area (Å²) < 4.78 is 13.0. The Hall–Kier alpha value is -1.95. The number of nitrogens with zero attached hydrogens (tertiary/aromatic N) is 3. The normalized spacial score (nSPS) is 20.0. The molecule has 0 N–H and O–H groups in total. The van der Waals surface area contributed by atoms with Crippen LogP contribution in [0.5, 0.6) is 0 Å². The lowest BCUT2D eigenvalue weighted by atomic mass is 10.2. The highest BCUT2D eigenvalue weighted by atomic mass is 19.1. The average molecular weight is 361 g/mol. The maximum atomic E-state index is 13.0. The molecule has 2 aliphatic heterocycles. The molecule has 26 heavy (non-hydrogen) atoms. The van der Waals surface area contributed by atoms with Gasteiger partial charge in [0, 0.05) is 45.7 Å². The fourth-order valence-electron chi connectivity index (χ4n) is 3.70. The number of carbonyl (C=O) groups excluding carboxylic acids is 2. The first-order valence-electron chi connectivity index (χ1n) is 9.64. The zero-order valence-corrected chi connectivity index (χ0v) is 15.3. The number of hydrogen-bond donors (Lipinski definition) is 0. The highest BCUT2D eigenvalue weighted by molar-refractivity contribution is 5.85. The van der Waals surface area contributed by atoms with Crippen LogP contribution in [0.3, 0.4) is 0 Å². The first-order valence-corrected chi connectivity index (χ1v) is 9.64. The second-order valence-electron chi connectivity index (χ2n) is 7.26. The quantitative estimate of drug-likeness (QED) is 0.826. The van der Waals surface area contributed by atoms with Gasteiger partial charge in [-0.3, -0.25) is 14.5 Å². The summed E-state index contributed by atoms with van der Waals surface area (Å²) in [4.78, 5) is 30.7. The number of carbonyl (C=O) groups is 2. The third kappa shape index (κ3) is 5.27. The van der Waals surface area contributed by atoms with Gasteiger partial charge in [-0.25, -0.2) is 4.39 Å². The van der Waals surface area contributed by atoms with Crippen molar-refractivity contribution in [1.82, 2.24) is 14.7 Å². The molecule has 0 saturated carbocycles. The Kier molecular flexibility index (Phi) is 6.61. The lowest BCUT2D eigenvalue weighted by Crippen LogP contribution is -2.44. The number of hydrogen-bond acceptors (Lipinski definition) is 3. The van der Waals surface area contributed by atoms with Crippen LogP contribution in [0.15, 0.2) is 24.3 Å². The number of likely N-dealkylation sites (tertiary alicyclic amines) is 1. The fourth-order valence-corrected chi connectivity index (χ4v) is 3.70. The van der Waals surface area contributed by atoms with Crippen molar-refractivity contribution in [2.45, 2.75) is 38.6 Å². The summed E-state index contributed by atoms with van der Waals surface area (Å²) in [6.07, 6.45) is 4.48. The standard InChI is InChI=1S/C20H28FN3O2/c21-18-8-6-17(7-9-18)15-22-10-4-12-23(14-13-22)20(26)16-24-11-3-1-2-5-19(24)25/h6-9H,1-5,10-16H2. The number of rotatable bonds is 4. The van der Waals surface area contributed by atoms with Crippen molar-refractivity contribution in [3.05, 3.63) is 35.6 Å². The van der Waals surface area contributed by atoms with Gasteiger partial charge < -0.3 is 9.80 Å². The lowest BCUT2D eigenvalue weighted by molar-refractivity contribution is -0.140. The van der Waals surface area contributed by atoms with Crippen molar-refractivity contribution in [3.8, 4) is 0 Å². The van der Waals surface area contributed by atoms with Crippen molar-refractivity contribution >= 4 is 11.8 Å². The van der Waals surface area contributed by atoms with Gasteiger partial charge in [-0.1, -0.05) is 18.6 Å². The van der Waals surface area contributed by atoms with E-state index < -0.39 is 0 Å². The monoisotopic (exact) mass is 361 g/mol. The molecule has 6 heteroatoms. The van der Waals surface area contributed by atoms with Gasteiger partial charge in [0.1, 0.15) is 5.82 Å². The fraction of sp³-hybridized carbons (Fsp3) is 0.600. The van der Waals surface area contributed by atoms with E-state index in [0.717, 1.165) is 57.4 Å². The van der Waals surface area contributed by atoms with E-state index in [1.807, 2.05) is 17.0 Å². The van der Waals surface area contributed by atoms with Gasteiger partial charge in [0.2, 0.25) is 11.8 Å². The van der Waals surface area contributed by atoms with Crippen LogP contribution in [0.2, 0.25) is 0 Å². The minimum Gasteiger partial charge on any atom is -0.340 e. The Morgan fingerprint density at radius 2 is 1.73 bits per heavy atom. The predicted molar refractivity (Wildman–Crippen MR) is 97.9 cm³/mol. The second-order valence-corrected chi connectivity index (χ2v) is 7.26. The highest BCUT2D eigenvalue weighted by Gasteiger charge is 2.24. The summed E-state index contributed by atoms with van der Waals surface area (Å²) in [5, 5.41) is 0. The second kappa shape index (κ2) is 9.12. The number of amides is 2. The third-order valence-electron chi connectivity index (χ3n) is 5.26. The minimum atomic E-state index is -0.218. The third-order valence-corrected chi connectivity index (χ3v) is 5.26. The molecule has 2 heterocycles. The molecule has 1 aromatic carbocycles. The van der Waals surface area contributed by atoms with Crippen LogP contribution < -0.4 is 0 Å². The molecule has 142 valence electrons. The zero-order valence-electron chi connectivity index (χ0n) is 15.3. The van der Waals surface area contributed by atoms with Crippen LogP contribution in [0.4, 0.5) is 4.39 Å². The molecule has 2 fully saturated rings. The van der Waals surface area contributed by atoms with Crippen LogP contribution in [-0.2, 0) is 16.1 Å². The van der Waals surface area contributed by atoms with E-state index >= 15 is 0 Å². The maximum absolute atomic E-state index is 13.0. The maximum Gasteiger partial charge on any atom is 0.242 e. The first kappa shape index (κ1) is 18.8. The average Bonchev–Trinajstić information content (AvgIpc) is 2.98. The summed E-state index contributed by atoms with van der Waals surface area (Å²) in [6.45, 7) is 4.84. The molecule has 2 saturated heterocycles. The Morgan fingerprint density at radius 1 is 0.923 bits per heavy atom. The van der Waals surface area contributed by atoms with Crippen LogP contribution >= 0.6 is 0 Å². The molecular weight excluding hydrogens is 333 g/mol. The van der Waals surface area contributed by atoms with E-state index in [1.165, 1.54) is 12.1 Å². The summed E-state index contributed by atoms with van der Waals surface area (Å²) in [5.74, 6) is -0.0445. The van der Waals surface area contributed by atoms with Gasteiger partial charge in [0.15, 0.2) is 0 Å². The zero-order chi connectivity index (χ0) is 18.4. The van der Waals surface area contributed by atoms with Gasteiger partial charge in [-0.2, -0.15) is 0 Å². The predicted octanol–water partition coefficient (Wildman–Crippen LogP) is 2.26. The smallest absolute Gasteiger partial charge is 0.242 e. The molecule has 2 amide bonds. The van der Waals surface area contributed by atoms with Crippen molar-refractivity contribution in [2.75, 3.05) is 39.3 Å². The molecule has 3 rings (SSSR count). The first-order chi connectivity index (χ1) is 12.6. The van der Waals surface area contributed by atoms with Gasteiger partial charge in [0.25, 0.3) is 0 Å². The van der Waals surface area contributed by atoms with Gasteiger partial charge >= 0.3 is 0 Å². The Bertz CT molecular complexity index is 620. The van der Waals surface area contributed by atoms with Crippen molar-refractivity contribution in [3.63, 3.8) is 0 Å². The van der Waals surface area contributed by atoms with Crippen LogP contribution in [0, 0.1) is 5.82 Å². The van der Waals surface area contributed by atoms with Crippen molar-refractivity contribution in [2.24, 2.45) is 0 Å². The molecule has 0 bridgehead atoms. The van der Waals surface area contributed by atoms with E-state index in [2.05, 4.69) is 4.90 Å². The SMILES string of the molecule is O=C(CN1CCCCCC1=O)N1CCCN(Cc2ccc(F)cc2)CC1. The molecule has 0 aliphatic carbocycles. The summed E-state index contributed by atoms with van der Waals surface area (Å²) in [6, 6.07) is 6.60. The van der Waals surface area contributed by atoms with Crippen molar-refractivity contribution < 1.29 is 14.0 Å². The van der Waals surface area contributed by atoms with E-state index in [4.69, 9.17) is 0 Å². The molecular formula is C20H28FN3O2. The summed E-state index contributed by atoms with van der Waals surface area (Å²) in [7, 11) is 0. The van der Waals surface area contributed by atoms with Gasteiger partial charge in [-0.15, -0.1) is 0 Å². The molecule has 0 atom stereocenters. The topological polar surface area (TPSA) is 43.9 Å². The molecule has 0 spiro atoms. The van der Waals surface area contributed by atoms with Gasteiger partial charge in [-0.05, 0) is 37.0 Å². The lowest BCUT2D eigenvalue weighted by Gasteiger charge is -2.26. The Labute approximate surface area is 154 Å². The number of benzene rings is 1. The Balaban J connectivity index is 1.50. The molecule has 0 aromatic heterocycles.